The van der Waals surface area contributed by atoms with Crippen LogP contribution in [0.5, 0.6) is 0 Å². The van der Waals surface area contributed by atoms with Gasteiger partial charge < -0.3 is 0 Å². The molecule has 1 heterocycles. The van der Waals surface area contributed by atoms with E-state index in [0.717, 1.165) is 42.3 Å². The molecular weight excluding hydrogens is 304 g/mol. The molecule has 0 radical (unpaired) electrons. The summed E-state index contributed by atoms with van der Waals surface area (Å²) in [6, 6.07) is 16.8. The predicted molar refractivity (Wildman–Crippen MR) is 93.6 cm³/mol. The summed E-state index contributed by atoms with van der Waals surface area (Å²) in [4.78, 5) is 15.2. The first-order valence-electron chi connectivity index (χ1n) is 7.71. The first kappa shape index (κ1) is 15.8. The van der Waals surface area contributed by atoms with Gasteiger partial charge in [-0.05, 0) is 17.7 Å². The van der Waals surface area contributed by atoms with Crippen molar-refractivity contribution in [3.63, 3.8) is 0 Å². The Morgan fingerprint density at radius 1 is 1.13 bits per heavy atom. The Balaban J connectivity index is 1.87. The van der Waals surface area contributed by atoms with E-state index in [0.29, 0.717) is 11.1 Å². The molecule has 1 aliphatic heterocycles. The maximum absolute atomic E-state index is 12.8. The first-order chi connectivity index (χ1) is 11.3. The Bertz CT molecular complexity index is 745. The van der Waals surface area contributed by atoms with Crippen molar-refractivity contribution >= 4 is 17.5 Å². The van der Waals surface area contributed by atoms with E-state index in [4.69, 9.17) is 5.26 Å². The number of thioether (sulfide) groups is 1. The van der Waals surface area contributed by atoms with E-state index in [1.54, 1.807) is 24.3 Å². The predicted octanol–water partition coefficient (Wildman–Crippen LogP) is 3.34. The molecule has 0 aromatic heterocycles. The molecule has 2 aromatic rings. The van der Waals surface area contributed by atoms with E-state index in [1.807, 2.05) is 36.0 Å². The van der Waals surface area contributed by atoms with Crippen LogP contribution in [0.3, 0.4) is 0 Å². The molecule has 0 unspecified atom stereocenters. The van der Waals surface area contributed by atoms with Crippen LogP contribution in [0.1, 0.15) is 27.0 Å². The Kier molecular flexibility index (Phi) is 5.12. The van der Waals surface area contributed by atoms with Crippen molar-refractivity contribution in [2.45, 2.75) is 6.54 Å². The summed E-state index contributed by atoms with van der Waals surface area (Å²) in [6.45, 7) is 2.94. The standard InChI is InChI=1S/C19H18N2OS/c20-13-15-4-3-6-16(12-15)19(22)18-7-2-1-5-17(18)14-21-8-10-23-11-9-21/h1-7,12H,8-11,14H2. The summed E-state index contributed by atoms with van der Waals surface area (Å²) in [5.74, 6) is 2.30. The minimum absolute atomic E-state index is 0.0101. The van der Waals surface area contributed by atoms with E-state index in [-0.39, 0.29) is 5.78 Å². The lowest BCUT2D eigenvalue weighted by atomic mass is 9.97. The van der Waals surface area contributed by atoms with Gasteiger partial charge in [0.05, 0.1) is 11.6 Å². The van der Waals surface area contributed by atoms with E-state index in [2.05, 4.69) is 11.0 Å². The molecule has 1 aliphatic rings. The smallest absolute Gasteiger partial charge is 0.193 e. The van der Waals surface area contributed by atoms with Gasteiger partial charge in [-0.25, -0.2) is 0 Å². The molecule has 0 atom stereocenters. The van der Waals surface area contributed by atoms with Gasteiger partial charge in [0.15, 0.2) is 5.78 Å². The van der Waals surface area contributed by atoms with E-state index < -0.39 is 0 Å². The maximum atomic E-state index is 12.8. The summed E-state index contributed by atoms with van der Waals surface area (Å²) in [6.07, 6.45) is 0. The number of hydrogen-bond acceptors (Lipinski definition) is 4. The first-order valence-corrected chi connectivity index (χ1v) is 8.86. The Morgan fingerprint density at radius 2 is 1.91 bits per heavy atom. The molecule has 0 aliphatic carbocycles. The zero-order valence-corrected chi connectivity index (χ0v) is 13.7. The molecule has 0 amide bonds. The fourth-order valence-electron chi connectivity index (χ4n) is 2.77. The van der Waals surface area contributed by atoms with Crippen LogP contribution in [-0.4, -0.2) is 35.3 Å². The Morgan fingerprint density at radius 3 is 2.70 bits per heavy atom. The number of ketones is 1. The molecule has 0 N–H and O–H groups in total. The molecule has 0 bridgehead atoms. The number of benzene rings is 2. The highest BCUT2D eigenvalue weighted by molar-refractivity contribution is 7.99. The van der Waals surface area contributed by atoms with E-state index in [1.165, 1.54) is 0 Å². The average Bonchev–Trinajstić information content (AvgIpc) is 2.62. The van der Waals surface area contributed by atoms with Crippen LogP contribution in [0, 0.1) is 11.3 Å². The number of hydrogen-bond donors (Lipinski definition) is 0. The van der Waals surface area contributed by atoms with Gasteiger partial charge in [-0.3, -0.25) is 9.69 Å². The molecule has 0 spiro atoms. The van der Waals surface area contributed by atoms with Crippen LogP contribution < -0.4 is 0 Å². The van der Waals surface area contributed by atoms with Crippen LogP contribution >= 0.6 is 11.8 Å². The summed E-state index contributed by atoms with van der Waals surface area (Å²) in [5.41, 5.74) is 2.89. The number of rotatable bonds is 4. The molecule has 116 valence electrons. The number of carbonyl (C=O) groups excluding carboxylic acids is 1. The average molecular weight is 322 g/mol. The fourth-order valence-corrected chi connectivity index (χ4v) is 3.74. The molecular formula is C19H18N2OS. The maximum Gasteiger partial charge on any atom is 0.193 e. The van der Waals surface area contributed by atoms with Crippen molar-refractivity contribution in [1.29, 1.82) is 5.26 Å². The second kappa shape index (κ2) is 7.45. The largest absolute Gasteiger partial charge is 0.297 e. The highest BCUT2D eigenvalue weighted by atomic mass is 32.2. The summed E-state index contributed by atoms with van der Waals surface area (Å²) in [5, 5.41) is 9.02. The minimum atomic E-state index is -0.0101. The van der Waals surface area contributed by atoms with Crippen molar-refractivity contribution in [3.05, 3.63) is 70.8 Å². The second-order valence-corrected chi connectivity index (χ2v) is 6.79. The van der Waals surface area contributed by atoms with E-state index >= 15 is 0 Å². The zero-order valence-electron chi connectivity index (χ0n) is 12.9. The lowest BCUT2D eigenvalue weighted by Gasteiger charge is -2.26. The fraction of sp³-hybridized carbons (Fsp3) is 0.263. The highest BCUT2D eigenvalue weighted by Crippen LogP contribution is 2.19. The van der Waals surface area contributed by atoms with Gasteiger partial charge in [0.1, 0.15) is 0 Å². The topological polar surface area (TPSA) is 44.1 Å². The zero-order chi connectivity index (χ0) is 16.1. The number of carbonyl (C=O) groups is 1. The Hall–Kier alpha value is -2.09. The molecule has 2 aromatic carbocycles. The molecule has 1 fully saturated rings. The van der Waals surface area contributed by atoms with Crippen LogP contribution in [0.2, 0.25) is 0 Å². The highest BCUT2D eigenvalue weighted by Gasteiger charge is 2.17. The normalized spacial score (nSPS) is 15.1. The number of nitrogens with zero attached hydrogens (tertiary/aromatic N) is 2. The Labute approximate surface area is 140 Å². The van der Waals surface area contributed by atoms with Gasteiger partial charge >= 0.3 is 0 Å². The molecule has 1 saturated heterocycles. The quantitative estimate of drug-likeness (QED) is 0.810. The van der Waals surface area contributed by atoms with Crippen molar-refractivity contribution in [3.8, 4) is 6.07 Å². The van der Waals surface area contributed by atoms with Gasteiger partial charge in [-0.1, -0.05) is 36.4 Å². The molecule has 23 heavy (non-hydrogen) atoms. The minimum Gasteiger partial charge on any atom is -0.297 e. The van der Waals surface area contributed by atoms with Crippen molar-refractivity contribution in [2.75, 3.05) is 24.6 Å². The summed E-state index contributed by atoms with van der Waals surface area (Å²) >= 11 is 1.98. The summed E-state index contributed by atoms with van der Waals surface area (Å²) < 4.78 is 0. The third-order valence-electron chi connectivity index (χ3n) is 4.01. The van der Waals surface area contributed by atoms with Gasteiger partial charge in [-0.2, -0.15) is 17.0 Å². The monoisotopic (exact) mass is 322 g/mol. The van der Waals surface area contributed by atoms with Crippen molar-refractivity contribution in [2.24, 2.45) is 0 Å². The molecule has 4 heteroatoms. The third-order valence-corrected chi connectivity index (χ3v) is 4.96. The van der Waals surface area contributed by atoms with Crippen LogP contribution in [0.15, 0.2) is 48.5 Å². The second-order valence-electron chi connectivity index (χ2n) is 5.57. The third kappa shape index (κ3) is 3.82. The molecule has 3 nitrogen and oxygen atoms in total. The van der Waals surface area contributed by atoms with Gasteiger partial charge in [0.2, 0.25) is 0 Å². The van der Waals surface area contributed by atoms with Gasteiger partial charge in [0, 0.05) is 42.3 Å². The van der Waals surface area contributed by atoms with Crippen LogP contribution in [0.4, 0.5) is 0 Å². The molecule has 0 saturated carbocycles. The summed E-state index contributed by atoms with van der Waals surface area (Å²) in [7, 11) is 0. The number of nitriles is 1. The van der Waals surface area contributed by atoms with Crippen molar-refractivity contribution in [1.82, 2.24) is 4.90 Å². The van der Waals surface area contributed by atoms with Gasteiger partial charge in [0.25, 0.3) is 0 Å². The van der Waals surface area contributed by atoms with Crippen LogP contribution in [-0.2, 0) is 6.54 Å². The van der Waals surface area contributed by atoms with Crippen LogP contribution in [0.25, 0.3) is 0 Å². The lowest BCUT2D eigenvalue weighted by Crippen LogP contribution is -2.32. The van der Waals surface area contributed by atoms with E-state index in [9.17, 15) is 4.79 Å². The molecule has 3 rings (SSSR count). The SMILES string of the molecule is N#Cc1cccc(C(=O)c2ccccc2CN2CCSCC2)c1. The lowest BCUT2D eigenvalue weighted by molar-refractivity contribution is 0.103. The van der Waals surface area contributed by atoms with Gasteiger partial charge in [-0.15, -0.1) is 0 Å². The van der Waals surface area contributed by atoms with Crippen molar-refractivity contribution < 1.29 is 4.79 Å².